The Hall–Kier alpha value is -3.62. The molecule has 1 aromatic heterocycles. The monoisotopic (exact) mass is 358 g/mol. The van der Waals surface area contributed by atoms with E-state index in [1.165, 1.54) is 12.1 Å². The summed E-state index contributed by atoms with van der Waals surface area (Å²) in [5, 5.41) is 12.4. The van der Waals surface area contributed by atoms with Crippen LogP contribution in [0.3, 0.4) is 0 Å². The molecule has 0 radical (unpaired) electrons. The molecule has 0 bridgehead atoms. The third-order valence-corrected chi connectivity index (χ3v) is 3.57. The van der Waals surface area contributed by atoms with Crippen molar-refractivity contribution in [3.63, 3.8) is 0 Å². The van der Waals surface area contributed by atoms with E-state index in [2.05, 4.69) is 5.32 Å². The number of nitrogens with one attached hydrogen (secondary N) is 1. The molecule has 1 aliphatic heterocycles. The van der Waals surface area contributed by atoms with Gasteiger partial charge in [-0.05, 0) is 12.1 Å². The highest BCUT2D eigenvalue weighted by molar-refractivity contribution is 6.14. The van der Waals surface area contributed by atoms with Gasteiger partial charge in [0.2, 0.25) is 5.91 Å². The van der Waals surface area contributed by atoms with Crippen LogP contribution in [-0.4, -0.2) is 47.4 Å². The van der Waals surface area contributed by atoms with Crippen LogP contribution in [0.1, 0.15) is 0 Å². The summed E-state index contributed by atoms with van der Waals surface area (Å²) in [6.45, 7) is -0.227. The Balaban J connectivity index is 1.55. The molecule has 26 heavy (non-hydrogen) atoms. The Morgan fingerprint density at radius 1 is 1.15 bits per heavy atom. The maximum atomic E-state index is 11.8. The van der Waals surface area contributed by atoms with E-state index in [0.29, 0.717) is 5.39 Å². The second kappa shape index (κ2) is 7.09. The first-order valence-electron chi connectivity index (χ1n) is 7.64. The van der Waals surface area contributed by atoms with E-state index in [1.807, 2.05) is 0 Å². The fourth-order valence-corrected chi connectivity index (χ4v) is 2.38. The van der Waals surface area contributed by atoms with Crippen LogP contribution in [0, 0.1) is 0 Å². The number of aromatic hydroxyl groups is 1. The lowest BCUT2D eigenvalue weighted by atomic mass is 10.2. The van der Waals surface area contributed by atoms with E-state index in [-0.39, 0.29) is 36.8 Å². The number of rotatable bonds is 6. The molecule has 0 aliphatic carbocycles. The number of carbonyl (C=O) groups excluding carboxylic acids is 3. The largest absolute Gasteiger partial charge is 0.508 e. The summed E-state index contributed by atoms with van der Waals surface area (Å²) in [7, 11) is 0. The molecule has 9 nitrogen and oxygen atoms in total. The number of ether oxygens (including phenoxy) is 1. The van der Waals surface area contributed by atoms with Crippen molar-refractivity contribution in [1.29, 1.82) is 0 Å². The Morgan fingerprint density at radius 2 is 1.88 bits per heavy atom. The molecule has 3 rings (SSSR count). The average molecular weight is 358 g/mol. The Kier molecular flexibility index (Phi) is 4.70. The lowest BCUT2D eigenvalue weighted by molar-refractivity contribution is -0.141. The van der Waals surface area contributed by atoms with Gasteiger partial charge in [-0.2, -0.15) is 0 Å². The topological polar surface area (TPSA) is 126 Å². The number of amides is 3. The molecule has 2 N–H and O–H groups in total. The minimum absolute atomic E-state index is 0.0469. The molecule has 0 fully saturated rings. The highest BCUT2D eigenvalue weighted by atomic mass is 16.5. The van der Waals surface area contributed by atoms with Gasteiger partial charge in [0.05, 0.1) is 18.0 Å². The minimum Gasteiger partial charge on any atom is -0.508 e. The van der Waals surface area contributed by atoms with Gasteiger partial charge >= 0.3 is 5.63 Å². The predicted molar refractivity (Wildman–Crippen MR) is 88.5 cm³/mol. The van der Waals surface area contributed by atoms with Crippen molar-refractivity contribution in [3.05, 3.63) is 46.8 Å². The molecule has 0 spiro atoms. The first-order chi connectivity index (χ1) is 12.4. The fourth-order valence-electron chi connectivity index (χ4n) is 2.38. The van der Waals surface area contributed by atoms with Crippen LogP contribution in [-0.2, 0) is 14.4 Å². The van der Waals surface area contributed by atoms with Gasteiger partial charge in [-0.25, -0.2) is 4.79 Å². The predicted octanol–water partition coefficient (Wildman–Crippen LogP) is -0.0814. The zero-order valence-electron chi connectivity index (χ0n) is 13.4. The Bertz CT molecular complexity index is 959. The summed E-state index contributed by atoms with van der Waals surface area (Å²) in [5.41, 5.74) is -0.462. The third kappa shape index (κ3) is 3.72. The van der Waals surface area contributed by atoms with Gasteiger partial charge in [0.1, 0.15) is 30.2 Å². The number of carbonyl (C=O) groups is 3. The van der Waals surface area contributed by atoms with Gasteiger partial charge < -0.3 is 19.6 Å². The number of imide groups is 1. The lowest BCUT2D eigenvalue weighted by Crippen LogP contribution is -2.41. The van der Waals surface area contributed by atoms with Crippen LogP contribution in [0.15, 0.2) is 45.6 Å². The van der Waals surface area contributed by atoms with Gasteiger partial charge in [-0.15, -0.1) is 0 Å². The van der Waals surface area contributed by atoms with E-state index in [1.54, 1.807) is 6.07 Å². The summed E-state index contributed by atoms with van der Waals surface area (Å²) >= 11 is 0. The van der Waals surface area contributed by atoms with Crippen LogP contribution in [0.5, 0.6) is 11.5 Å². The number of hydrogen-bond acceptors (Lipinski definition) is 7. The third-order valence-electron chi connectivity index (χ3n) is 3.57. The SMILES string of the molecule is O=C(CN1C(=O)C=CC1=O)NCCOc1cc(=O)oc2cc(O)ccc12. The van der Waals surface area contributed by atoms with Crippen molar-refractivity contribution >= 4 is 28.7 Å². The first kappa shape index (κ1) is 17.2. The highest BCUT2D eigenvalue weighted by Gasteiger charge is 2.25. The summed E-state index contributed by atoms with van der Waals surface area (Å²) in [4.78, 5) is 46.9. The smallest absolute Gasteiger partial charge is 0.339 e. The number of fused-ring (bicyclic) bond motifs is 1. The molecule has 0 saturated carbocycles. The average Bonchev–Trinajstić information content (AvgIpc) is 2.90. The number of phenols is 1. The molecule has 0 saturated heterocycles. The van der Waals surface area contributed by atoms with E-state index in [9.17, 15) is 24.3 Å². The molecular weight excluding hydrogens is 344 g/mol. The van der Waals surface area contributed by atoms with Crippen LogP contribution in [0.4, 0.5) is 0 Å². The normalized spacial score (nSPS) is 13.5. The molecule has 0 unspecified atom stereocenters. The van der Waals surface area contributed by atoms with Crippen LogP contribution in [0.25, 0.3) is 11.0 Å². The van der Waals surface area contributed by atoms with Crippen LogP contribution >= 0.6 is 0 Å². The van der Waals surface area contributed by atoms with E-state index in [4.69, 9.17) is 9.15 Å². The van der Waals surface area contributed by atoms with Crippen molar-refractivity contribution in [2.24, 2.45) is 0 Å². The Labute approximate surface area is 146 Å². The summed E-state index contributed by atoms with van der Waals surface area (Å²) < 4.78 is 10.5. The summed E-state index contributed by atoms with van der Waals surface area (Å²) in [6, 6.07) is 5.42. The maximum Gasteiger partial charge on any atom is 0.339 e. The minimum atomic E-state index is -0.638. The lowest BCUT2D eigenvalue weighted by Gasteiger charge is -2.14. The second-order valence-electron chi connectivity index (χ2n) is 5.40. The Morgan fingerprint density at radius 3 is 2.62 bits per heavy atom. The number of nitrogens with zero attached hydrogens (tertiary/aromatic N) is 1. The molecular formula is C17H14N2O7. The summed E-state index contributed by atoms with van der Waals surface area (Å²) in [6.07, 6.45) is 2.20. The maximum absolute atomic E-state index is 11.8. The van der Waals surface area contributed by atoms with E-state index < -0.39 is 23.3 Å². The molecule has 3 amide bonds. The first-order valence-corrected chi connectivity index (χ1v) is 7.64. The van der Waals surface area contributed by atoms with Crippen molar-refractivity contribution in [1.82, 2.24) is 10.2 Å². The molecule has 134 valence electrons. The quantitative estimate of drug-likeness (QED) is 0.420. The molecule has 2 aromatic rings. The van der Waals surface area contributed by atoms with Crippen molar-refractivity contribution < 1.29 is 28.6 Å². The second-order valence-corrected chi connectivity index (χ2v) is 5.40. The van der Waals surface area contributed by atoms with Crippen molar-refractivity contribution in [2.45, 2.75) is 0 Å². The van der Waals surface area contributed by atoms with Gasteiger partial charge in [0.15, 0.2) is 0 Å². The number of phenolic OH excluding ortho intramolecular Hbond substituents is 1. The number of benzene rings is 1. The standard InChI is InChI=1S/C17H14N2O7/c20-10-1-2-11-12(8-17(24)26-13(11)7-10)25-6-5-18-14(21)9-19-15(22)3-4-16(19)23/h1-4,7-8,20H,5-6,9H2,(H,18,21). The number of hydrogen-bond donors (Lipinski definition) is 2. The van der Waals surface area contributed by atoms with Gasteiger partial charge in [-0.1, -0.05) is 0 Å². The van der Waals surface area contributed by atoms with Crippen LogP contribution < -0.4 is 15.7 Å². The van der Waals surface area contributed by atoms with Crippen molar-refractivity contribution in [3.8, 4) is 11.5 Å². The highest BCUT2D eigenvalue weighted by Crippen LogP contribution is 2.26. The van der Waals surface area contributed by atoms with Crippen LogP contribution in [0.2, 0.25) is 0 Å². The molecule has 0 atom stereocenters. The fraction of sp³-hybridized carbons (Fsp3) is 0.176. The zero-order chi connectivity index (χ0) is 18.7. The molecule has 1 aliphatic rings. The van der Waals surface area contributed by atoms with E-state index in [0.717, 1.165) is 23.1 Å². The van der Waals surface area contributed by atoms with E-state index >= 15 is 0 Å². The summed E-state index contributed by atoms with van der Waals surface area (Å²) in [5.74, 6) is -1.38. The molecule has 1 aromatic carbocycles. The molecule has 9 heteroatoms. The zero-order valence-corrected chi connectivity index (χ0v) is 13.4. The molecule has 2 heterocycles. The van der Waals surface area contributed by atoms with Gasteiger partial charge in [0.25, 0.3) is 11.8 Å². The van der Waals surface area contributed by atoms with Crippen molar-refractivity contribution in [2.75, 3.05) is 19.7 Å². The van der Waals surface area contributed by atoms with Gasteiger partial charge in [0, 0.05) is 18.2 Å². The van der Waals surface area contributed by atoms with Gasteiger partial charge in [-0.3, -0.25) is 19.3 Å².